The molecule has 5 atom stereocenters. The summed E-state index contributed by atoms with van der Waals surface area (Å²) in [6, 6.07) is 4.00. The van der Waals surface area contributed by atoms with Gasteiger partial charge in [-0.25, -0.2) is 26.4 Å². The van der Waals surface area contributed by atoms with Gasteiger partial charge in [0.05, 0.1) is 27.9 Å². The Labute approximate surface area is 256 Å². The van der Waals surface area contributed by atoms with Crippen LogP contribution in [-0.4, -0.2) is 73.4 Å². The number of hydrogen-bond acceptors (Lipinski definition) is 7. The van der Waals surface area contributed by atoms with Crippen molar-refractivity contribution < 1.29 is 45.8 Å². The first-order valence-corrected chi connectivity index (χ1v) is 16.0. The van der Waals surface area contributed by atoms with Crippen LogP contribution in [0.3, 0.4) is 0 Å². The van der Waals surface area contributed by atoms with E-state index in [1.165, 1.54) is 24.1 Å². The highest BCUT2D eigenvalue weighted by Gasteiger charge is 2.56. The van der Waals surface area contributed by atoms with E-state index in [-0.39, 0.29) is 40.6 Å². The van der Waals surface area contributed by atoms with Gasteiger partial charge in [-0.3, -0.25) is 14.5 Å². The van der Waals surface area contributed by atoms with Crippen molar-refractivity contribution in [3.8, 4) is 0 Å². The number of sulfone groups is 1. The van der Waals surface area contributed by atoms with Crippen LogP contribution < -0.4 is 10.6 Å². The zero-order valence-corrected chi connectivity index (χ0v) is 25.2. The summed E-state index contributed by atoms with van der Waals surface area (Å²) in [6.45, 7) is 0.287. The van der Waals surface area contributed by atoms with Gasteiger partial charge in [0.2, 0.25) is 5.91 Å². The van der Waals surface area contributed by atoms with Gasteiger partial charge >= 0.3 is 6.09 Å². The Balaban J connectivity index is 1.29. The van der Waals surface area contributed by atoms with Gasteiger partial charge in [0.1, 0.15) is 6.04 Å². The number of fused-ring (bicyclic) bond motifs is 2. The van der Waals surface area contributed by atoms with Crippen molar-refractivity contribution >= 4 is 45.0 Å². The summed E-state index contributed by atoms with van der Waals surface area (Å²) in [5, 5.41) is 15.6. The number of halogens is 4. The van der Waals surface area contributed by atoms with Crippen LogP contribution in [0.25, 0.3) is 0 Å². The normalized spacial score (nSPS) is 26.4. The van der Waals surface area contributed by atoms with E-state index in [1.807, 2.05) is 0 Å². The predicted molar refractivity (Wildman–Crippen MR) is 152 cm³/mol. The van der Waals surface area contributed by atoms with Gasteiger partial charge in [-0.1, -0.05) is 11.6 Å². The molecular weight excluding hydrogens is 627 g/mol. The number of carbonyl (C=O) groups is 3. The summed E-state index contributed by atoms with van der Waals surface area (Å²) < 4.78 is 72.8. The largest absolute Gasteiger partial charge is 0.453 e. The SMILES string of the molecule is COC(=O)N1CCCC1C(=O)NCC1(O)C2CC[C@H]1CC(S(=O)(=O)c1cc(C(=O)Nc3cc(F)c(F)c(F)c3)ccc1Cl)C2. The van der Waals surface area contributed by atoms with Gasteiger partial charge in [0, 0.05) is 36.5 Å². The molecule has 15 heteroatoms. The van der Waals surface area contributed by atoms with E-state index in [0.717, 1.165) is 6.07 Å². The standard InChI is InChI=1S/C29H31ClF3N3O7S/c1-43-28(39)36-8-2-3-23(36)27(38)34-14-29(40)16-5-6-17(29)11-19(10-16)44(41,42)24-9-15(4-7-20(24)30)26(37)35-18-12-21(31)25(33)22(32)13-18/h4,7,9,12-13,16-17,19,23,40H,2-3,5-6,8,10-11,14H2,1H3,(H,34,38)(H,35,37)/t16-,17?,19?,23?,29?/m0/s1. The number of benzene rings is 2. The molecule has 3 fully saturated rings. The molecule has 2 saturated carbocycles. The average Bonchev–Trinajstić information content (AvgIpc) is 3.51. The van der Waals surface area contributed by atoms with Crippen molar-refractivity contribution in [1.29, 1.82) is 0 Å². The number of nitrogens with zero attached hydrogens (tertiary/aromatic N) is 1. The molecule has 2 aromatic carbocycles. The van der Waals surface area contributed by atoms with Crippen LogP contribution in [0.4, 0.5) is 23.7 Å². The van der Waals surface area contributed by atoms with E-state index in [2.05, 4.69) is 10.6 Å². The second kappa shape index (κ2) is 12.2. The van der Waals surface area contributed by atoms with Crippen molar-refractivity contribution in [1.82, 2.24) is 10.2 Å². The quantitative estimate of drug-likeness (QED) is 0.382. The lowest BCUT2D eigenvalue weighted by molar-refractivity contribution is -0.128. The number of nitrogens with one attached hydrogen (secondary N) is 2. The maximum Gasteiger partial charge on any atom is 0.410 e. The second-order valence-electron chi connectivity index (χ2n) is 11.5. The zero-order valence-electron chi connectivity index (χ0n) is 23.6. The van der Waals surface area contributed by atoms with Crippen molar-refractivity contribution in [2.45, 2.75) is 60.3 Å². The minimum absolute atomic E-state index is 0.0871. The first-order chi connectivity index (χ1) is 20.8. The topological polar surface area (TPSA) is 142 Å². The maximum atomic E-state index is 13.8. The molecule has 2 aliphatic carbocycles. The number of ether oxygens (including phenoxy) is 1. The first kappa shape index (κ1) is 32.0. The van der Waals surface area contributed by atoms with Crippen molar-refractivity contribution in [3.63, 3.8) is 0 Å². The summed E-state index contributed by atoms with van der Waals surface area (Å²) in [6.07, 6.45) is 1.75. The van der Waals surface area contributed by atoms with Gasteiger partial charge in [0.15, 0.2) is 27.3 Å². The Morgan fingerprint density at radius 3 is 2.32 bits per heavy atom. The molecule has 3 amide bonds. The molecule has 1 heterocycles. The molecule has 1 saturated heterocycles. The Morgan fingerprint density at radius 2 is 1.70 bits per heavy atom. The second-order valence-corrected chi connectivity index (χ2v) is 14.1. The summed E-state index contributed by atoms with van der Waals surface area (Å²) >= 11 is 6.27. The summed E-state index contributed by atoms with van der Waals surface area (Å²) in [5.41, 5.74) is -1.88. The highest BCUT2D eigenvalue weighted by Crippen LogP contribution is 2.52. The Morgan fingerprint density at radius 1 is 1.07 bits per heavy atom. The zero-order chi connectivity index (χ0) is 32.0. The maximum absolute atomic E-state index is 13.8. The lowest BCUT2D eigenvalue weighted by Crippen LogP contribution is -2.56. The smallest absolute Gasteiger partial charge is 0.410 e. The molecule has 1 aliphatic heterocycles. The van der Waals surface area contributed by atoms with E-state index in [1.54, 1.807) is 0 Å². The molecule has 0 aromatic heterocycles. The van der Waals surface area contributed by atoms with Crippen LogP contribution in [-0.2, 0) is 19.4 Å². The molecule has 4 unspecified atom stereocenters. The molecule has 2 bridgehead atoms. The fourth-order valence-corrected chi connectivity index (χ4v) is 9.15. The molecular formula is C29H31ClF3N3O7S. The van der Waals surface area contributed by atoms with Gasteiger partial charge in [-0.2, -0.15) is 0 Å². The van der Waals surface area contributed by atoms with Crippen LogP contribution in [0.1, 0.15) is 48.9 Å². The predicted octanol–water partition coefficient (Wildman–Crippen LogP) is 4.05. The van der Waals surface area contributed by atoms with E-state index < -0.39 is 73.9 Å². The van der Waals surface area contributed by atoms with E-state index in [0.29, 0.717) is 44.4 Å². The van der Waals surface area contributed by atoms with Gasteiger partial charge in [-0.05, 0) is 68.6 Å². The van der Waals surface area contributed by atoms with E-state index in [9.17, 15) is 41.1 Å². The number of anilines is 1. The lowest BCUT2D eigenvalue weighted by Gasteiger charge is -2.42. The van der Waals surface area contributed by atoms with Crippen LogP contribution in [0.15, 0.2) is 35.2 Å². The highest BCUT2D eigenvalue weighted by atomic mass is 35.5. The van der Waals surface area contributed by atoms with Crippen LogP contribution >= 0.6 is 11.6 Å². The average molecular weight is 658 g/mol. The van der Waals surface area contributed by atoms with Crippen molar-refractivity contribution in [2.75, 3.05) is 25.5 Å². The minimum atomic E-state index is -4.12. The van der Waals surface area contributed by atoms with Gasteiger partial charge in [-0.15, -0.1) is 0 Å². The van der Waals surface area contributed by atoms with Crippen molar-refractivity contribution in [2.24, 2.45) is 11.8 Å². The third kappa shape index (κ3) is 5.86. The molecule has 238 valence electrons. The van der Waals surface area contributed by atoms with Crippen LogP contribution in [0, 0.1) is 29.3 Å². The van der Waals surface area contributed by atoms with Crippen LogP contribution in [0.5, 0.6) is 0 Å². The third-order valence-corrected chi connectivity index (χ3v) is 11.7. The molecule has 2 aromatic rings. The monoisotopic (exact) mass is 657 g/mol. The molecule has 3 aliphatic rings. The number of amides is 3. The first-order valence-electron chi connectivity index (χ1n) is 14.1. The van der Waals surface area contributed by atoms with Crippen LogP contribution in [0.2, 0.25) is 5.02 Å². The molecule has 44 heavy (non-hydrogen) atoms. The minimum Gasteiger partial charge on any atom is -0.453 e. The number of carbonyl (C=O) groups excluding carboxylic acids is 3. The number of methoxy groups -OCH3 is 1. The summed E-state index contributed by atoms with van der Waals surface area (Å²) in [4.78, 5) is 38.8. The number of aliphatic hydroxyl groups is 1. The number of likely N-dealkylation sites (tertiary alicyclic amines) is 1. The molecule has 10 nitrogen and oxygen atoms in total. The fourth-order valence-electron chi connectivity index (χ4n) is 6.75. The number of rotatable bonds is 7. The molecule has 5 rings (SSSR count). The molecule has 3 N–H and O–H groups in total. The van der Waals surface area contributed by atoms with Gasteiger partial charge < -0.3 is 20.5 Å². The lowest BCUT2D eigenvalue weighted by atomic mass is 9.74. The fraction of sp³-hybridized carbons (Fsp3) is 0.483. The highest BCUT2D eigenvalue weighted by molar-refractivity contribution is 7.92. The Kier molecular flexibility index (Phi) is 8.89. The third-order valence-electron chi connectivity index (χ3n) is 9.06. The number of hydrogen-bond donors (Lipinski definition) is 3. The Bertz CT molecular complexity index is 1570. The van der Waals surface area contributed by atoms with E-state index >= 15 is 0 Å². The molecule has 0 spiro atoms. The van der Waals surface area contributed by atoms with Gasteiger partial charge in [0.25, 0.3) is 5.91 Å². The molecule has 0 radical (unpaired) electrons. The Hall–Kier alpha value is -3.36. The van der Waals surface area contributed by atoms with E-state index in [4.69, 9.17) is 16.3 Å². The summed E-state index contributed by atoms with van der Waals surface area (Å²) in [7, 11) is -2.88. The summed E-state index contributed by atoms with van der Waals surface area (Å²) in [5.74, 6) is -6.92. The van der Waals surface area contributed by atoms with Crippen molar-refractivity contribution in [3.05, 3.63) is 58.4 Å².